The Morgan fingerprint density at radius 3 is 2.67 bits per heavy atom. The molecule has 2 aliphatic rings. The van der Waals surface area contributed by atoms with Gasteiger partial charge in [0, 0.05) is 39.8 Å². The van der Waals surface area contributed by atoms with Crippen molar-refractivity contribution in [3.63, 3.8) is 0 Å². The van der Waals surface area contributed by atoms with E-state index in [0.29, 0.717) is 39.3 Å². The summed E-state index contributed by atoms with van der Waals surface area (Å²) in [7, 11) is 1.67. The first kappa shape index (κ1) is 16.2. The topological polar surface area (TPSA) is 67.9 Å². The SMILES string of the molecule is COCCCOCCN1CCC(=O)NC2(CCCC2)C1=O. The molecule has 1 aliphatic carbocycles. The van der Waals surface area contributed by atoms with Gasteiger partial charge in [-0.05, 0) is 19.3 Å². The number of carbonyl (C=O) groups excluding carboxylic acids is 2. The van der Waals surface area contributed by atoms with Gasteiger partial charge in [-0.3, -0.25) is 9.59 Å². The first-order valence-corrected chi connectivity index (χ1v) is 7.85. The van der Waals surface area contributed by atoms with E-state index in [2.05, 4.69) is 5.32 Å². The van der Waals surface area contributed by atoms with Crippen LogP contribution < -0.4 is 5.32 Å². The second-order valence-electron chi connectivity index (χ2n) is 5.84. The van der Waals surface area contributed by atoms with E-state index < -0.39 is 5.54 Å². The number of methoxy groups -OCH3 is 1. The molecule has 2 rings (SSSR count). The van der Waals surface area contributed by atoms with E-state index in [9.17, 15) is 9.59 Å². The van der Waals surface area contributed by atoms with E-state index in [1.807, 2.05) is 0 Å². The quantitative estimate of drug-likeness (QED) is 0.703. The average Bonchev–Trinajstić information content (AvgIpc) is 2.90. The summed E-state index contributed by atoms with van der Waals surface area (Å²) in [4.78, 5) is 26.4. The van der Waals surface area contributed by atoms with Crippen molar-refractivity contribution in [2.75, 3.05) is 40.0 Å². The molecule has 0 aromatic carbocycles. The molecular weight excluding hydrogens is 272 g/mol. The molecule has 21 heavy (non-hydrogen) atoms. The van der Waals surface area contributed by atoms with Gasteiger partial charge < -0.3 is 19.7 Å². The van der Waals surface area contributed by atoms with Gasteiger partial charge >= 0.3 is 0 Å². The van der Waals surface area contributed by atoms with Gasteiger partial charge in [0.05, 0.1) is 6.61 Å². The summed E-state index contributed by atoms with van der Waals surface area (Å²) in [6, 6.07) is 0. The van der Waals surface area contributed by atoms with Crippen molar-refractivity contribution in [1.29, 1.82) is 0 Å². The summed E-state index contributed by atoms with van der Waals surface area (Å²) in [6.45, 7) is 2.89. The highest BCUT2D eigenvalue weighted by Gasteiger charge is 2.46. The average molecular weight is 298 g/mol. The fourth-order valence-corrected chi connectivity index (χ4v) is 3.14. The highest BCUT2D eigenvalue weighted by molar-refractivity contribution is 5.93. The van der Waals surface area contributed by atoms with Crippen LogP contribution in [0.5, 0.6) is 0 Å². The molecule has 1 aliphatic heterocycles. The molecule has 1 saturated heterocycles. The number of amides is 2. The van der Waals surface area contributed by atoms with Crippen molar-refractivity contribution in [3.8, 4) is 0 Å². The van der Waals surface area contributed by atoms with Crippen molar-refractivity contribution in [3.05, 3.63) is 0 Å². The predicted octanol–water partition coefficient (Wildman–Crippen LogP) is 0.701. The Hall–Kier alpha value is -1.14. The van der Waals surface area contributed by atoms with Crippen molar-refractivity contribution >= 4 is 11.8 Å². The van der Waals surface area contributed by atoms with Gasteiger partial charge in [-0.15, -0.1) is 0 Å². The van der Waals surface area contributed by atoms with Gasteiger partial charge in [0.25, 0.3) is 0 Å². The minimum Gasteiger partial charge on any atom is -0.385 e. The maximum Gasteiger partial charge on any atom is 0.248 e. The summed E-state index contributed by atoms with van der Waals surface area (Å²) in [5.74, 6) is 0.0695. The molecule has 2 fully saturated rings. The molecule has 2 amide bonds. The summed E-state index contributed by atoms with van der Waals surface area (Å²) in [5.41, 5.74) is -0.635. The third-order valence-electron chi connectivity index (χ3n) is 4.28. The Balaban J connectivity index is 1.83. The van der Waals surface area contributed by atoms with Crippen LogP contribution >= 0.6 is 0 Å². The molecule has 1 N–H and O–H groups in total. The number of hydrogen-bond donors (Lipinski definition) is 1. The minimum atomic E-state index is -0.635. The normalized spacial score (nSPS) is 21.7. The first-order valence-electron chi connectivity index (χ1n) is 7.85. The summed E-state index contributed by atoms with van der Waals surface area (Å²) < 4.78 is 10.5. The minimum absolute atomic E-state index is 0.00578. The summed E-state index contributed by atoms with van der Waals surface area (Å²) in [6.07, 6.45) is 4.79. The van der Waals surface area contributed by atoms with Gasteiger partial charge in [0.1, 0.15) is 5.54 Å². The molecule has 0 radical (unpaired) electrons. The number of rotatable bonds is 7. The van der Waals surface area contributed by atoms with Crippen LogP contribution in [0.2, 0.25) is 0 Å². The van der Waals surface area contributed by atoms with Crippen LogP contribution in [0.1, 0.15) is 38.5 Å². The smallest absolute Gasteiger partial charge is 0.248 e. The Morgan fingerprint density at radius 1 is 1.19 bits per heavy atom. The summed E-state index contributed by atoms with van der Waals surface area (Å²) in [5, 5.41) is 2.96. The molecule has 120 valence electrons. The molecule has 0 unspecified atom stereocenters. The van der Waals surface area contributed by atoms with E-state index in [-0.39, 0.29) is 11.8 Å². The van der Waals surface area contributed by atoms with Crippen LogP contribution in [0.4, 0.5) is 0 Å². The maximum absolute atomic E-state index is 12.7. The molecule has 0 atom stereocenters. The molecule has 1 spiro atoms. The monoisotopic (exact) mass is 298 g/mol. The zero-order chi connectivity index (χ0) is 15.1. The Bertz CT molecular complexity index is 367. The molecule has 1 saturated carbocycles. The molecule has 0 aromatic heterocycles. The predicted molar refractivity (Wildman–Crippen MR) is 77.9 cm³/mol. The van der Waals surface area contributed by atoms with E-state index in [0.717, 1.165) is 32.1 Å². The lowest BCUT2D eigenvalue weighted by Crippen LogP contribution is -2.55. The Morgan fingerprint density at radius 2 is 1.95 bits per heavy atom. The van der Waals surface area contributed by atoms with Crippen molar-refractivity contribution in [1.82, 2.24) is 10.2 Å². The lowest BCUT2D eigenvalue weighted by Gasteiger charge is -2.31. The van der Waals surface area contributed by atoms with Gasteiger partial charge in [0.15, 0.2) is 0 Å². The van der Waals surface area contributed by atoms with Crippen LogP contribution in [-0.4, -0.2) is 62.3 Å². The Labute approximate surface area is 126 Å². The summed E-state index contributed by atoms with van der Waals surface area (Å²) >= 11 is 0. The van der Waals surface area contributed by atoms with Crippen LogP contribution in [0.3, 0.4) is 0 Å². The van der Waals surface area contributed by atoms with Crippen molar-refractivity contribution < 1.29 is 19.1 Å². The van der Waals surface area contributed by atoms with Crippen molar-refractivity contribution in [2.45, 2.75) is 44.1 Å². The van der Waals surface area contributed by atoms with Crippen LogP contribution in [0, 0.1) is 0 Å². The lowest BCUT2D eigenvalue weighted by atomic mass is 9.96. The highest BCUT2D eigenvalue weighted by atomic mass is 16.5. The van der Waals surface area contributed by atoms with Crippen molar-refractivity contribution in [2.24, 2.45) is 0 Å². The zero-order valence-electron chi connectivity index (χ0n) is 12.9. The third kappa shape index (κ3) is 4.17. The number of nitrogens with one attached hydrogen (secondary N) is 1. The Kier molecular flexibility index (Phi) is 5.99. The molecule has 0 aromatic rings. The molecule has 0 bridgehead atoms. The number of nitrogens with zero attached hydrogens (tertiary/aromatic N) is 1. The second kappa shape index (κ2) is 7.75. The maximum atomic E-state index is 12.7. The standard InChI is InChI=1S/C15H26N2O4/c1-20-10-4-11-21-12-9-17-8-5-13(18)16-15(14(17)19)6-2-3-7-15/h2-12H2,1H3,(H,16,18). The molecule has 6 heteroatoms. The van der Waals surface area contributed by atoms with Crippen LogP contribution in [0.25, 0.3) is 0 Å². The van der Waals surface area contributed by atoms with E-state index in [4.69, 9.17) is 9.47 Å². The van der Waals surface area contributed by atoms with Crippen LogP contribution in [-0.2, 0) is 19.1 Å². The fraction of sp³-hybridized carbons (Fsp3) is 0.867. The van der Waals surface area contributed by atoms with Gasteiger partial charge in [0.2, 0.25) is 11.8 Å². The highest BCUT2D eigenvalue weighted by Crippen LogP contribution is 2.32. The van der Waals surface area contributed by atoms with Gasteiger partial charge in [-0.2, -0.15) is 0 Å². The largest absolute Gasteiger partial charge is 0.385 e. The van der Waals surface area contributed by atoms with E-state index in [1.54, 1.807) is 12.0 Å². The van der Waals surface area contributed by atoms with E-state index in [1.165, 1.54) is 0 Å². The third-order valence-corrected chi connectivity index (χ3v) is 4.28. The second-order valence-corrected chi connectivity index (χ2v) is 5.84. The molecule has 6 nitrogen and oxygen atoms in total. The van der Waals surface area contributed by atoms with E-state index >= 15 is 0 Å². The first-order chi connectivity index (χ1) is 10.2. The van der Waals surface area contributed by atoms with Crippen LogP contribution in [0.15, 0.2) is 0 Å². The zero-order valence-corrected chi connectivity index (χ0v) is 12.9. The fourth-order valence-electron chi connectivity index (χ4n) is 3.14. The number of carbonyl (C=O) groups is 2. The van der Waals surface area contributed by atoms with Gasteiger partial charge in [-0.25, -0.2) is 0 Å². The molecule has 1 heterocycles. The van der Waals surface area contributed by atoms with Gasteiger partial charge in [-0.1, -0.05) is 12.8 Å². The number of hydrogen-bond acceptors (Lipinski definition) is 4. The molecular formula is C15H26N2O4. The number of ether oxygens (including phenoxy) is 2. The lowest BCUT2D eigenvalue weighted by molar-refractivity contribution is -0.139.